The molecule has 0 atom stereocenters. The Balaban J connectivity index is 1.83. The largest absolute Gasteiger partial charge is 0.326 e. The number of halogens is 2. The van der Waals surface area contributed by atoms with E-state index in [-0.39, 0.29) is 24.5 Å². The summed E-state index contributed by atoms with van der Waals surface area (Å²) in [4.78, 5) is 24.1. The van der Waals surface area contributed by atoms with Gasteiger partial charge in [-0.25, -0.2) is 0 Å². The zero-order chi connectivity index (χ0) is 14.5. The lowest BCUT2D eigenvalue weighted by Crippen LogP contribution is -2.13. The predicted molar refractivity (Wildman–Crippen MR) is 83.0 cm³/mol. The van der Waals surface area contributed by atoms with Crippen LogP contribution in [0.4, 0.5) is 5.69 Å². The third kappa shape index (κ3) is 4.34. The Bertz CT molecular complexity index is 622. The van der Waals surface area contributed by atoms with Gasteiger partial charge < -0.3 is 5.32 Å². The maximum absolute atomic E-state index is 11.8. The van der Waals surface area contributed by atoms with E-state index in [0.29, 0.717) is 19.9 Å². The van der Waals surface area contributed by atoms with E-state index in [1.807, 2.05) is 0 Å². The smallest absolute Gasteiger partial charge is 0.224 e. The predicted octanol–water partition coefficient (Wildman–Crippen LogP) is 4.66. The molecule has 0 saturated heterocycles. The van der Waals surface area contributed by atoms with Gasteiger partial charge in [0.15, 0.2) is 5.78 Å². The highest BCUT2D eigenvalue weighted by atomic mass is 35.5. The summed E-state index contributed by atoms with van der Waals surface area (Å²) in [6.45, 7) is 0. The molecule has 0 saturated carbocycles. The van der Waals surface area contributed by atoms with Gasteiger partial charge in [-0.05, 0) is 36.4 Å². The van der Waals surface area contributed by atoms with Gasteiger partial charge in [0.25, 0.3) is 0 Å². The molecule has 0 aliphatic heterocycles. The fourth-order valence-corrected chi connectivity index (χ4v) is 2.71. The van der Waals surface area contributed by atoms with Gasteiger partial charge in [0, 0.05) is 23.6 Å². The highest BCUT2D eigenvalue weighted by Gasteiger charge is 2.11. The average Bonchev–Trinajstić information content (AvgIpc) is 2.85. The number of thiophene rings is 1. The van der Waals surface area contributed by atoms with Crippen molar-refractivity contribution in [2.75, 3.05) is 5.32 Å². The Labute approximate surface area is 130 Å². The molecule has 1 amide bonds. The Morgan fingerprint density at radius 2 is 1.70 bits per heavy atom. The molecule has 2 aromatic rings. The van der Waals surface area contributed by atoms with Crippen molar-refractivity contribution in [2.24, 2.45) is 0 Å². The molecule has 20 heavy (non-hydrogen) atoms. The maximum atomic E-state index is 11.8. The van der Waals surface area contributed by atoms with Gasteiger partial charge in [-0.15, -0.1) is 11.3 Å². The lowest BCUT2D eigenvalue weighted by molar-refractivity contribution is -0.116. The van der Waals surface area contributed by atoms with E-state index in [4.69, 9.17) is 23.2 Å². The zero-order valence-corrected chi connectivity index (χ0v) is 12.7. The number of anilines is 1. The topological polar surface area (TPSA) is 46.2 Å². The Morgan fingerprint density at radius 3 is 2.30 bits per heavy atom. The highest BCUT2D eigenvalue weighted by Crippen LogP contribution is 2.23. The van der Waals surface area contributed by atoms with E-state index in [1.54, 1.807) is 36.4 Å². The van der Waals surface area contributed by atoms with Crippen LogP contribution < -0.4 is 5.32 Å². The number of Topliss-reactive ketones (excluding diaryl/α,β-unsaturated/α-hetero) is 1. The lowest BCUT2D eigenvalue weighted by Gasteiger charge is -2.04. The highest BCUT2D eigenvalue weighted by molar-refractivity contribution is 7.18. The minimum Gasteiger partial charge on any atom is -0.326 e. The number of hydrogen-bond donors (Lipinski definition) is 1. The average molecular weight is 328 g/mol. The molecule has 0 fully saturated rings. The number of ketones is 1. The number of nitrogens with one attached hydrogen (secondary N) is 1. The minimum atomic E-state index is -0.205. The number of amides is 1. The van der Waals surface area contributed by atoms with E-state index in [2.05, 4.69) is 5.32 Å². The second-order valence-corrected chi connectivity index (χ2v) is 6.23. The van der Waals surface area contributed by atoms with Crippen LogP contribution >= 0.6 is 34.5 Å². The first-order valence-corrected chi connectivity index (χ1v) is 7.46. The molecule has 0 bridgehead atoms. The zero-order valence-electron chi connectivity index (χ0n) is 10.4. The molecule has 2 rings (SSSR count). The molecular formula is C14H11Cl2NO2S. The van der Waals surface area contributed by atoms with Gasteiger partial charge in [0.1, 0.15) is 0 Å². The van der Waals surface area contributed by atoms with E-state index >= 15 is 0 Å². The minimum absolute atomic E-state index is 0.0758. The van der Waals surface area contributed by atoms with Gasteiger partial charge >= 0.3 is 0 Å². The first kappa shape index (κ1) is 15.0. The summed E-state index contributed by atoms with van der Waals surface area (Å²) in [5.41, 5.74) is 0.658. The molecule has 1 aromatic heterocycles. The molecule has 104 valence electrons. The molecule has 0 spiro atoms. The summed E-state index contributed by atoms with van der Waals surface area (Å²) in [5, 5.41) is 3.31. The summed E-state index contributed by atoms with van der Waals surface area (Å²) in [6.07, 6.45) is 0.299. The van der Waals surface area contributed by atoms with Crippen LogP contribution in [-0.4, -0.2) is 11.7 Å². The van der Waals surface area contributed by atoms with Gasteiger partial charge in [-0.1, -0.05) is 23.2 Å². The summed E-state index contributed by atoms with van der Waals surface area (Å²) >= 11 is 12.7. The van der Waals surface area contributed by atoms with Crippen molar-refractivity contribution in [3.63, 3.8) is 0 Å². The van der Waals surface area contributed by atoms with E-state index in [0.717, 1.165) is 0 Å². The third-order valence-corrected chi connectivity index (χ3v) is 4.08. The molecule has 6 heteroatoms. The van der Waals surface area contributed by atoms with E-state index < -0.39 is 0 Å². The SMILES string of the molecule is O=C(CCC(=O)c1ccc(Cl)s1)Nc1ccc(Cl)cc1. The summed E-state index contributed by atoms with van der Waals surface area (Å²) in [5.74, 6) is -0.281. The molecule has 3 nitrogen and oxygen atoms in total. The number of rotatable bonds is 5. The Hall–Kier alpha value is -1.36. The van der Waals surface area contributed by atoms with Crippen molar-refractivity contribution in [3.8, 4) is 0 Å². The van der Waals surface area contributed by atoms with Crippen LogP contribution in [0.1, 0.15) is 22.5 Å². The number of carbonyl (C=O) groups is 2. The monoisotopic (exact) mass is 327 g/mol. The molecule has 1 heterocycles. The fraction of sp³-hybridized carbons (Fsp3) is 0.143. The van der Waals surface area contributed by atoms with Crippen molar-refractivity contribution in [1.29, 1.82) is 0 Å². The summed E-state index contributed by atoms with van der Waals surface area (Å²) < 4.78 is 0.568. The van der Waals surface area contributed by atoms with Crippen molar-refractivity contribution < 1.29 is 9.59 Å². The second-order valence-electron chi connectivity index (χ2n) is 4.08. The first-order valence-electron chi connectivity index (χ1n) is 5.88. The van der Waals surface area contributed by atoms with Crippen LogP contribution in [0.25, 0.3) is 0 Å². The molecule has 0 unspecified atom stereocenters. The standard InChI is InChI=1S/C14H11Cl2NO2S/c15-9-1-3-10(4-2-9)17-14(19)8-5-11(18)12-6-7-13(16)20-12/h1-4,6-7H,5,8H2,(H,17,19). The van der Waals surface area contributed by atoms with Crippen molar-refractivity contribution in [1.82, 2.24) is 0 Å². The molecular weight excluding hydrogens is 317 g/mol. The Morgan fingerprint density at radius 1 is 1.00 bits per heavy atom. The summed E-state index contributed by atoms with van der Waals surface area (Å²) in [6, 6.07) is 10.1. The normalized spacial score (nSPS) is 10.3. The number of carbonyl (C=O) groups excluding carboxylic acids is 2. The quantitative estimate of drug-likeness (QED) is 0.812. The molecule has 0 radical (unpaired) electrons. The van der Waals surface area contributed by atoms with Crippen LogP contribution in [-0.2, 0) is 4.79 Å². The van der Waals surface area contributed by atoms with Crippen LogP contribution in [0.15, 0.2) is 36.4 Å². The molecule has 0 aliphatic carbocycles. The molecule has 0 aliphatic rings. The van der Waals surface area contributed by atoms with Crippen molar-refractivity contribution >= 4 is 51.9 Å². The third-order valence-electron chi connectivity index (χ3n) is 2.56. The number of benzene rings is 1. The number of hydrogen-bond acceptors (Lipinski definition) is 3. The Kier molecular flexibility index (Phi) is 5.17. The maximum Gasteiger partial charge on any atom is 0.224 e. The van der Waals surface area contributed by atoms with Gasteiger partial charge in [-0.2, -0.15) is 0 Å². The summed E-state index contributed by atoms with van der Waals surface area (Å²) in [7, 11) is 0. The van der Waals surface area contributed by atoms with Gasteiger partial charge in [0.2, 0.25) is 5.91 Å². The van der Waals surface area contributed by atoms with Crippen molar-refractivity contribution in [3.05, 3.63) is 50.6 Å². The van der Waals surface area contributed by atoms with Crippen molar-refractivity contribution in [2.45, 2.75) is 12.8 Å². The van der Waals surface area contributed by atoms with E-state index in [9.17, 15) is 9.59 Å². The molecule has 1 aromatic carbocycles. The van der Waals surface area contributed by atoms with E-state index in [1.165, 1.54) is 11.3 Å². The molecule has 1 N–H and O–H groups in total. The van der Waals surface area contributed by atoms with Gasteiger partial charge in [-0.3, -0.25) is 9.59 Å². The van der Waals surface area contributed by atoms with Crippen LogP contribution in [0.2, 0.25) is 9.36 Å². The first-order chi connectivity index (χ1) is 9.54. The fourth-order valence-electron chi connectivity index (χ4n) is 1.57. The second kappa shape index (κ2) is 6.88. The van der Waals surface area contributed by atoms with Crippen LogP contribution in [0, 0.1) is 0 Å². The van der Waals surface area contributed by atoms with Crippen LogP contribution in [0.5, 0.6) is 0 Å². The van der Waals surface area contributed by atoms with Crippen LogP contribution in [0.3, 0.4) is 0 Å². The lowest BCUT2D eigenvalue weighted by atomic mass is 10.2. The van der Waals surface area contributed by atoms with Gasteiger partial charge in [0.05, 0.1) is 9.21 Å².